The molecule has 0 aliphatic carbocycles. The Morgan fingerprint density at radius 3 is 1.25 bits per heavy atom. The number of fused-ring (bicyclic) bond motifs is 6. The van der Waals surface area contributed by atoms with Crippen LogP contribution < -0.4 is 9.47 Å². The molecule has 0 aliphatic heterocycles. The van der Waals surface area contributed by atoms with Crippen molar-refractivity contribution in [3.63, 3.8) is 0 Å². The number of ether oxygens (including phenoxy) is 2. The molecule has 0 radical (unpaired) electrons. The lowest BCUT2D eigenvalue weighted by Crippen LogP contribution is -1.98. The third kappa shape index (κ3) is 7.32. The van der Waals surface area contributed by atoms with Crippen LogP contribution in [0.25, 0.3) is 101 Å². The van der Waals surface area contributed by atoms with Crippen LogP contribution in [0, 0.1) is 13.8 Å². The van der Waals surface area contributed by atoms with Gasteiger partial charge in [-0.25, -0.2) is 19.9 Å². The third-order valence-corrected chi connectivity index (χ3v) is 13.3. The van der Waals surface area contributed by atoms with E-state index in [1.54, 1.807) is 24.8 Å². The van der Waals surface area contributed by atoms with E-state index in [0.717, 1.165) is 100 Å². The summed E-state index contributed by atoms with van der Waals surface area (Å²) in [6.07, 6.45) is 14.7. The van der Waals surface area contributed by atoms with Gasteiger partial charge in [-0.15, -0.1) is 0 Å². The van der Waals surface area contributed by atoms with Crippen LogP contribution in [0.3, 0.4) is 0 Å². The summed E-state index contributed by atoms with van der Waals surface area (Å²) in [5.74, 6) is 5.84. The van der Waals surface area contributed by atoms with E-state index in [4.69, 9.17) is 39.4 Å². The molecule has 0 bridgehead atoms. The van der Waals surface area contributed by atoms with Crippen molar-refractivity contribution in [1.82, 2.24) is 48.2 Å². The summed E-state index contributed by atoms with van der Waals surface area (Å²) in [5, 5.41) is 4.50. The van der Waals surface area contributed by atoms with Gasteiger partial charge in [0.05, 0.1) is 57.0 Å². The first-order valence-corrected chi connectivity index (χ1v) is 23.7. The number of nitrogens with zero attached hydrogens (tertiary/aromatic N) is 10. The number of aryl methyl sites for hydroxylation is 4. The molecule has 0 atom stereocenters. The number of imidazole rings is 2. The first kappa shape index (κ1) is 42.4. The van der Waals surface area contributed by atoms with Crippen LogP contribution in [0.1, 0.15) is 11.1 Å². The van der Waals surface area contributed by atoms with Crippen LogP contribution >= 0.6 is 0 Å². The highest BCUT2D eigenvalue weighted by atomic mass is 16.5. The average Bonchev–Trinajstić information content (AvgIpc) is 4.19. The summed E-state index contributed by atoms with van der Waals surface area (Å²) < 4.78 is 22.1. The molecule has 7 heterocycles. The van der Waals surface area contributed by atoms with Gasteiger partial charge in [0.1, 0.15) is 46.3 Å². The fourth-order valence-corrected chi connectivity index (χ4v) is 9.84. The normalized spacial score (nSPS) is 11.6. The second kappa shape index (κ2) is 17.1. The van der Waals surface area contributed by atoms with Crippen LogP contribution in [0.2, 0.25) is 0 Å². The van der Waals surface area contributed by atoms with E-state index in [0.29, 0.717) is 34.4 Å². The first-order chi connectivity index (χ1) is 35.3. The van der Waals surface area contributed by atoms with E-state index in [-0.39, 0.29) is 0 Å². The topological polar surface area (TPSA) is 116 Å². The number of pyridine rings is 2. The summed E-state index contributed by atoms with van der Waals surface area (Å²) in [4.78, 5) is 28.9. The highest BCUT2D eigenvalue weighted by molar-refractivity contribution is 6.10. The standard InChI is InChI=1S/C60H44N10O2/c1-37-21-23-61-57(29-37)69-51-11-7-5-9-43(51)45-19-15-41(33-53(45)69)71-55-31-39(13-17-47(55)59-63-25-27-67(59)3)49-35-66-50(36-65-49)40-14-18-48(60-64-26-28-68(60)4)56(32-40)72-42-16-20-46-44-10-6-8-12-52(44)70(54(46)34-42)58-30-38(2)22-24-62-58/h5-36H,1-4H3. The SMILES string of the molecule is Cc1ccnc(-n2c3ccccc3c3ccc(Oc4cc(-c5cnc(-c6ccc(-c7nccn7C)c(Oc7ccc8c9ccccc9n(-c9cc(C)ccn9)c8c7)c6)cn5)ccc4-c4nccn4C)cc32)c1. The highest BCUT2D eigenvalue weighted by Crippen LogP contribution is 2.42. The Kier molecular flexibility index (Phi) is 10.1. The molecule has 0 amide bonds. The Labute approximate surface area is 413 Å². The van der Waals surface area contributed by atoms with E-state index in [1.807, 2.05) is 109 Å². The molecule has 346 valence electrons. The molecule has 13 rings (SSSR count). The van der Waals surface area contributed by atoms with E-state index >= 15 is 0 Å². The molecule has 0 aliphatic rings. The summed E-state index contributed by atoms with van der Waals surface area (Å²) in [6.45, 7) is 4.16. The van der Waals surface area contributed by atoms with Crippen LogP contribution in [0.15, 0.2) is 195 Å². The molecular weight excluding hydrogens is 893 g/mol. The third-order valence-electron chi connectivity index (χ3n) is 13.3. The molecule has 72 heavy (non-hydrogen) atoms. The summed E-state index contributed by atoms with van der Waals surface area (Å²) >= 11 is 0. The lowest BCUT2D eigenvalue weighted by Gasteiger charge is -2.15. The van der Waals surface area contributed by atoms with Gasteiger partial charge in [-0.3, -0.25) is 19.1 Å². The molecule has 0 spiro atoms. The van der Waals surface area contributed by atoms with Gasteiger partial charge in [0.2, 0.25) is 0 Å². The van der Waals surface area contributed by atoms with Gasteiger partial charge >= 0.3 is 0 Å². The number of benzene rings is 6. The molecule has 0 saturated heterocycles. The maximum atomic E-state index is 6.89. The van der Waals surface area contributed by atoms with Crippen molar-refractivity contribution < 1.29 is 9.47 Å². The minimum absolute atomic E-state index is 0.628. The largest absolute Gasteiger partial charge is 0.456 e. The highest BCUT2D eigenvalue weighted by Gasteiger charge is 2.20. The van der Waals surface area contributed by atoms with Gasteiger partial charge in [0.15, 0.2) is 0 Å². The maximum absolute atomic E-state index is 6.89. The second-order valence-corrected chi connectivity index (χ2v) is 18.1. The molecule has 7 aromatic heterocycles. The van der Waals surface area contributed by atoms with E-state index in [2.05, 4.69) is 108 Å². The summed E-state index contributed by atoms with van der Waals surface area (Å²) in [7, 11) is 3.96. The Balaban J connectivity index is 0.859. The van der Waals surface area contributed by atoms with Crippen molar-refractivity contribution in [3.8, 4) is 79.9 Å². The minimum atomic E-state index is 0.628. The summed E-state index contributed by atoms with van der Waals surface area (Å²) in [5.41, 5.74) is 11.1. The van der Waals surface area contributed by atoms with Gasteiger partial charge in [0.25, 0.3) is 0 Å². The summed E-state index contributed by atoms with van der Waals surface area (Å²) in [6, 6.07) is 49.6. The van der Waals surface area contributed by atoms with Crippen LogP contribution in [-0.4, -0.2) is 48.2 Å². The quantitative estimate of drug-likeness (QED) is 0.133. The fourth-order valence-electron chi connectivity index (χ4n) is 9.84. The van der Waals surface area contributed by atoms with Crippen molar-refractivity contribution in [2.24, 2.45) is 14.1 Å². The van der Waals surface area contributed by atoms with Gasteiger partial charge in [-0.05, 0) is 110 Å². The van der Waals surface area contributed by atoms with Crippen molar-refractivity contribution in [2.45, 2.75) is 13.8 Å². The van der Waals surface area contributed by atoms with Crippen LogP contribution in [-0.2, 0) is 14.1 Å². The molecule has 0 fully saturated rings. The Morgan fingerprint density at radius 2 is 0.833 bits per heavy atom. The average molecular weight is 937 g/mol. The Hall–Kier alpha value is -9.68. The number of rotatable bonds is 10. The van der Waals surface area contributed by atoms with Crippen molar-refractivity contribution in [3.05, 3.63) is 206 Å². The van der Waals surface area contributed by atoms with Gasteiger partial charge in [-0.2, -0.15) is 0 Å². The van der Waals surface area contributed by atoms with E-state index < -0.39 is 0 Å². The van der Waals surface area contributed by atoms with Gasteiger partial charge in [0, 0.05) is 96.1 Å². The second-order valence-electron chi connectivity index (χ2n) is 18.1. The van der Waals surface area contributed by atoms with Gasteiger partial charge < -0.3 is 18.6 Å². The molecule has 13 aromatic rings. The molecule has 12 heteroatoms. The van der Waals surface area contributed by atoms with Gasteiger partial charge in [-0.1, -0.05) is 48.5 Å². The predicted molar refractivity (Wildman–Crippen MR) is 284 cm³/mol. The molecule has 0 saturated carbocycles. The molecule has 0 unspecified atom stereocenters. The zero-order valence-electron chi connectivity index (χ0n) is 39.8. The van der Waals surface area contributed by atoms with E-state index in [1.165, 1.54) is 0 Å². The molecule has 6 aromatic carbocycles. The van der Waals surface area contributed by atoms with Crippen LogP contribution in [0.5, 0.6) is 23.0 Å². The first-order valence-electron chi connectivity index (χ1n) is 23.7. The number of para-hydroxylation sites is 2. The monoisotopic (exact) mass is 936 g/mol. The van der Waals surface area contributed by atoms with Crippen molar-refractivity contribution >= 4 is 43.6 Å². The zero-order chi connectivity index (χ0) is 48.5. The number of hydrogen-bond acceptors (Lipinski definition) is 8. The lowest BCUT2D eigenvalue weighted by molar-refractivity contribution is 0.484. The number of hydrogen-bond donors (Lipinski definition) is 0. The van der Waals surface area contributed by atoms with E-state index in [9.17, 15) is 0 Å². The van der Waals surface area contributed by atoms with Crippen molar-refractivity contribution in [1.29, 1.82) is 0 Å². The van der Waals surface area contributed by atoms with Crippen LogP contribution in [0.4, 0.5) is 0 Å². The Morgan fingerprint density at radius 1 is 0.389 bits per heavy atom. The predicted octanol–water partition coefficient (Wildman–Crippen LogP) is 13.8. The zero-order valence-corrected chi connectivity index (χ0v) is 39.8. The molecule has 12 nitrogen and oxygen atoms in total. The Bertz CT molecular complexity index is 3970. The lowest BCUT2D eigenvalue weighted by atomic mass is 10.1. The van der Waals surface area contributed by atoms with Crippen molar-refractivity contribution in [2.75, 3.05) is 0 Å². The molecule has 0 N–H and O–H groups in total. The fraction of sp³-hybridized carbons (Fsp3) is 0.0667. The molecular formula is C60H44N10O2. The minimum Gasteiger partial charge on any atom is -0.456 e. The number of aromatic nitrogens is 10. The smallest absolute Gasteiger partial charge is 0.143 e. The maximum Gasteiger partial charge on any atom is 0.143 e.